The third-order valence-electron chi connectivity index (χ3n) is 2.37. The number of benzene rings is 2. The molecular formula is C15H14O2. The Kier molecular flexibility index (Phi) is 3.24. The molecule has 0 saturated heterocycles. The van der Waals surface area contributed by atoms with Gasteiger partial charge in [0.05, 0.1) is 0 Å². The van der Waals surface area contributed by atoms with Crippen molar-refractivity contribution in [2.45, 2.75) is 13.8 Å². The summed E-state index contributed by atoms with van der Waals surface area (Å²) < 4.78 is 5.32. The van der Waals surface area contributed by atoms with Gasteiger partial charge >= 0.3 is 5.97 Å². The van der Waals surface area contributed by atoms with Crippen molar-refractivity contribution in [3.05, 3.63) is 54.1 Å². The van der Waals surface area contributed by atoms with Crippen LogP contribution in [0.1, 0.15) is 13.8 Å². The average Bonchev–Trinajstić information content (AvgIpc) is 2.28. The number of fused-ring (bicyclic) bond motifs is 1. The summed E-state index contributed by atoms with van der Waals surface area (Å²) in [6.07, 6.45) is 1.49. The highest BCUT2D eigenvalue weighted by Gasteiger charge is 2.05. The van der Waals surface area contributed by atoms with E-state index in [4.69, 9.17) is 4.74 Å². The first-order chi connectivity index (χ1) is 8.16. The normalized spacial score (nSPS) is 10.0. The van der Waals surface area contributed by atoms with Gasteiger partial charge in [-0.1, -0.05) is 42.0 Å². The second-order valence-electron chi connectivity index (χ2n) is 4.12. The van der Waals surface area contributed by atoms with Crippen LogP contribution in [0.4, 0.5) is 0 Å². The highest BCUT2D eigenvalue weighted by atomic mass is 16.5. The van der Waals surface area contributed by atoms with Crippen LogP contribution in [0, 0.1) is 0 Å². The average molecular weight is 226 g/mol. The molecule has 0 heterocycles. The minimum atomic E-state index is -0.332. The smallest absolute Gasteiger partial charge is 0.336 e. The molecule has 2 heteroatoms. The standard InChI is InChI=1S/C15H14O2/c1-11(2)10-15(16)17-14-9-5-7-12-6-3-4-8-13(12)14/h3-10H,1-2H3. The summed E-state index contributed by atoms with van der Waals surface area (Å²) in [7, 11) is 0. The van der Waals surface area contributed by atoms with Gasteiger partial charge in [-0.3, -0.25) is 0 Å². The molecule has 0 atom stereocenters. The number of carbonyl (C=O) groups is 1. The Bertz CT molecular complexity index is 573. The molecule has 86 valence electrons. The van der Waals surface area contributed by atoms with Crippen LogP contribution >= 0.6 is 0 Å². The molecule has 0 spiro atoms. The predicted molar refractivity (Wildman–Crippen MR) is 69.0 cm³/mol. The molecule has 2 aromatic rings. The zero-order chi connectivity index (χ0) is 12.3. The lowest BCUT2D eigenvalue weighted by atomic mass is 10.1. The number of esters is 1. The van der Waals surface area contributed by atoms with Gasteiger partial charge in [-0.25, -0.2) is 4.79 Å². The van der Waals surface area contributed by atoms with Crippen molar-refractivity contribution < 1.29 is 9.53 Å². The monoisotopic (exact) mass is 226 g/mol. The number of carbonyl (C=O) groups excluding carboxylic acids is 1. The maximum atomic E-state index is 11.6. The molecule has 0 amide bonds. The van der Waals surface area contributed by atoms with E-state index in [0.717, 1.165) is 16.3 Å². The molecule has 0 unspecified atom stereocenters. The first-order valence-electron chi connectivity index (χ1n) is 5.51. The van der Waals surface area contributed by atoms with Gasteiger partial charge in [0, 0.05) is 11.5 Å². The van der Waals surface area contributed by atoms with E-state index in [0.29, 0.717) is 5.75 Å². The van der Waals surface area contributed by atoms with E-state index < -0.39 is 0 Å². The molecule has 0 radical (unpaired) electrons. The third-order valence-corrected chi connectivity index (χ3v) is 2.37. The van der Waals surface area contributed by atoms with Gasteiger partial charge < -0.3 is 4.74 Å². The van der Waals surface area contributed by atoms with E-state index in [-0.39, 0.29) is 5.97 Å². The van der Waals surface area contributed by atoms with Gasteiger partial charge in [-0.2, -0.15) is 0 Å². The van der Waals surface area contributed by atoms with Crippen molar-refractivity contribution >= 4 is 16.7 Å². The van der Waals surface area contributed by atoms with Crippen LogP contribution in [-0.4, -0.2) is 5.97 Å². The highest BCUT2D eigenvalue weighted by Crippen LogP contribution is 2.25. The number of allylic oxidation sites excluding steroid dienone is 1. The molecule has 2 nitrogen and oxygen atoms in total. The highest BCUT2D eigenvalue weighted by molar-refractivity contribution is 5.92. The number of ether oxygens (including phenoxy) is 1. The Balaban J connectivity index is 2.36. The number of hydrogen-bond acceptors (Lipinski definition) is 2. The maximum absolute atomic E-state index is 11.6. The van der Waals surface area contributed by atoms with E-state index in [1.54, 1.807) is 6.07 Å². The molecule has 0 bridgehead atoms. The topological polar surface area (TPSA) is 26.3 Å². The summed E-state index contributed by atoms with van der Waals surface area (Å²) in [6.45, 7) is 3.73. The molecule has 0 aliphatic heterocycles. The van der Waals surface area contributed by atoms with Crippen molar-refractivity contribution in [2.75, 3.05) is 0 Å². The molecule has 0 aromatic heterocycles. The van der Waals surface area contributed by atoms with Gasteiger partial charge in [0.15, 0.2) is 0 Å². The van der Waals surface area contributed by atoms with Crippen molar-refractivity contribution in [3.63, 3.8) is 0 Å². The van der Waals surface area contributed by atoms with Crippen molar-refractivity contribution in [3.8, 4) is 5.75 Å². The van der Waals surface area contributed by atoms with Crippen LogP contribution in [0.15, 0.2) is 54.1 Å². The van der Waals surface area contributed by atoms with E-state index in [1.165, 1.54) is 6.08 Å². The molecule has 0 aliphatic carbocycles. The van der Waals surface area contributed by atoms with Crippen LogP contribution in [0.2, 0.25) is 0 Å². The summed E-state index contributed by atoms with van der Waals surface area (Å²) in [4.78, 5) is 11.6. The van der Waals surface area contributed by atoms with Gasteiger partial charge in [-0.05, 0) is 25.3 Å². The number of rotatable bonds is 2. The predicted octanol–water partition coefficient (Wildman–Crippen LogP) is 3.71. The Morgan fingerprint density at radius 1 is 1.06 bits per heavy atom. The van der Waals surface area contributed by atoms with Gasteiger partial charge in [0.25, 0.3) is 0 Å². The second-order valence-corrected chi connectivity index (χ2v) is 4.12. The minimum absolute atomic E-state index is 0.332. The van der Waals surface area contributed by atoms with E-state index >= 15 is 0 Å². The molecule has 0 N–H and O–H groups in total. The number of hydrogen-bond donors (Lipinski definition) is 0. The van der Waals surface area contributed by atoms with Crippen LogP contribution < -0.4 is 4.74 Å². The zero-order valence-electron chi connectivity index (χ0n) is 9.94. The van der Waals surface area contributed by atoms with Crippen molar-refractivity contribution in [1.29, 1.82) is 0 Å². The molecular weight excluding hydrogens is 212 g/mol. The summed E-state index contributed by atoms with van der Waals surface area (Å²) >= 11 is 0. The lowest BCUT2D eigenvalue weighted by Crippen LogP contribution is -2.04. The summed E-state index contributed by atoms with van der Waals surface area (Å²) in [5, 5.41) is 2.01. The lowest BCUT2D eigenvalue weighted by Gasteiger charge is -2.05. The van der Waals surface area contributed by atoms with Gasteiger partial charge in [0.2, 0.25) is 0 Å². The fourth-order valence-electron chi connectivity index (χ4n) is 1.66. The van der Waals surface area contributed by atoms with E-state index in [1.807, 2.05) is 50.2 Å². The molecule has 0 aliphatic rings. The quantitative estimate of drug-likeness (QED) is 0.443. The zero-order valence-corrected chi connectivity index (χ0v) is 9.94. The van der Waals surface area contributed by atoms with Crippen LogP contribution in [0.3, 0.4) is 0 Å². The molecule has 2 rings (SSSR count). The van der Waals surface area contributed by atoms with E-state index in [2.05, 4.69) is 0 Å². The lowest BCUT2D eigenvalue weighted by molar-refractivity contribution is -0.128. The molecule has 0 saturated carbocycles. The van der Waals surface area contributed by atoms with Crippen molar-refractivity contribution in [2.24, 2.45) is 0 Å². The van der Waals surface area contributed by atoms with Crippen molar-refractivity contribution in [1.82, 2.24) is 0 Å². The first-order valence-corrected chi connectivity index (χ1v) is 5.51. The maximum Gasteiger partial charge on any atom is 0.336 e. The van der Waals surface area contributed by atoms with Crippen LogP contribution in [-0.2, 0) is 4.79 Å². The van der Waals surface area contributed by atoms with Gasteiger partial charge in [-0.15, -0.1) is 0 Å². The Hall–Kier alpha value is -2.09. The second kappa shape index (κ2) is 4.83. The fraction of sp³-hybridized carbons (Fsp3) is 0.133. The Morgan fingerprint density at radius 3 is 2.53 bits per heavy atom. The van der Waals surface area contributed by atoms with Crippen LogP contribution in [0.5, 0.6) is 5.75 Å². The molecule has 0 fully saturated rings. The summed E-state index contributed by atoms with van der Waals surface area (Å²) in [6, 6.07) is 13.5. The van der Waals surface area contributed by atoms with Gasteiger partial charge in [0.1, 0.15) is 5.75 Å². The molecule has 2 aromatic carbocycles. The summed E-state index contributed by atoms with van der Waals surface area (Å²) in [5.74, 6) is 0.270. The Labute approximate surface area is 101 Å². The molecule has 17 heavy (non-hydrogen) atoms. The van der Waals surface area contributed by atoms with Crippen LogP contribution in [0.25, 0.3) is 10.8 Å². The Morgan fingerprint density at radius 2 is 1.76 bits per heavy atom. The van der Waals surface area contributed by atoms with E-state index in [9.17, 15) is 4.79 Å². The first kappa shape index (κ1) is 11.4. The third kappa shape index (κ3) is 2.72. The fourth-order valence-corrected chi connectivity index (χ4v) is 1.66. The minimum Gasteiger partial charge on any atom is -0.423 e. The SMILES string of the molecule is CC(C)=CC(=O)Oc1cccc2ccccc12. The summed E-state index contributed by atoms with van der Waals surface area (Å²) in [5.41, 5.74) is 0.926. The largest absolute Gasteiger partial charge is 0.423 e.